The summed E-state index contributed by atoms with van der Waals surface area (Å²) < 4.78 is 0. The number of hydrogen-bond acceptors (Lipinski definition) is 1. The van der Waals surface area contributed by atoms with Gasteiger partial charge in [-0.3, -0.25) is 4.79 Å². The molecular formula is C11H6Cl2O. The first kappa shape index (κ1) is 9.50. The highest BCUT2D eigenvalue weighted by Gasteiger charge is 2.06. The summed E-state index contributed by atoms with van der Waals surface area (Å²) in [5.41, 5.74) is 0.515. The molecule has 0 aliphatic heterocycles. The van der Waals surface area contributed by atoms with Crippen LogP contribution in [0.4, 0.5) is 0 Å². The zero-order valence-electron chi connectivity index (χ0n) is 7.13. The Morgan fingerprint density at radius 3 is 2.64 bits per heavy atom. The molecule has 2 rings (SSSR count). The van der Waals surface area contributed by atoms with Crippen LogP contribution in [0.25, 0.3) is 10.8 Å². The molecule has 0 aliphatic carbocycles. The number of fused-ring (bicyclic) bond motifs is 1. The SMILES string of the molecule is O=C(Cl)c1cccc2cc(Cl)ccc12. The molecule has 1 nitrogen and oxygen atoms in total. The molecule has 0 heterocycles. The van der Waals surface area contributed by atoms with E-state index in [-0.39, 0.29) is 0 Å². The maximum Gasteiger partial charge on any atom is 0.253 e. The highest BCUT2D eigenvalue weighted by Crippen LogP contribution is 2.23. The predicted octanol–water partition coefficient (Wildman–Crippen LogP) is 3.87. The lowest BCUT2D eigenvalue weighted by molar-refractivity contribution is 0.108. The number of carbonyl (C=O) groups is 1. The summed E-state index contributed by atoms with van der Waals surface area (Å²) in [4.78, 5) is 11.1. The van der Waals surface area contributed by atoms with E-state index in [4.69, 9.17) is 23.2 Å². The topological polar surface area (TPSA) is 17.1 Å². The summed E-state index contributed by atoms with van der Waals surface area (Å²) in [6.45, 7) is 0. The largest absolute Gasteiger partial charge is 0.276 e. The molecule has 0 atom stereocenters. The molecule has 0 bridgehead atoms. The van der Waals surface area contributed by atoms with Crippen molar-refractivity contribution >= 4 is 39.2 Å². The van der Waals surface area contributed by atoms with Gasteiger partial charge in [-0.1, -0.05) is 29.8 Å². The first-order chi connectivity index (χ1) is 6.68. The van der Waals surface area contributed by atoms with Gasteiger partial charge in [0.2, 0.25) is 0 Å². The molecular weight excluding hydrogens is 219 g/mol. The molecule has 0 N–H and O–H groups in total. The van der Waals surface area contributed by atoms with Crippen LogP contribution in [0.5, 0.6) is 0 Å². The standard InChI is InChI=1S/C11H6Cl2O/c12-8-4-5-9-7(6-8)2-1-3-10(9)11(13)14/h1-6H. The Morgan fingerprint density at radius 2 is 1.93 bits per heavy atom. The fourth-order valence-electron chi connectivity index (χ4n) is 1.43. The third-order valence-electron chi connectivity index (χ3n) is 2.05. The average Bonchev–Trinajstić information content (AvgIpc) is 2.16. The van der Waals surface area contributed by atoms with Crippen molar-refractivity contribution in [3.63, 3.8) is 0 Å². The van der Waals surface area contributed by atoms with Crippen molar-refractivity contribution in [2.45, 2.75) is 0 Å². The minimum Gasteiger partial charge on any atom is -0.276 e. The van der Waals surface area contributed by atoms with E-state index < -0.39 is 5.24 Å². The minimum atomic E-state index is -0.446. The molecule has 0 aromatic heterocycles. The predicted molar refractivity (Wildman–Crippen MR) is 59.1 cm³/mol. The van der Waals surface area contributed by atoms with Gasteiger partial charge in [0.25, 0.3) is 5.24 Å². The van der Waals surface area contributed by atoms with E-state index in [1.54, 1.807) is 30.3 Å². The lowest BCUT2D eigenvalue weighted by Crippen LogP contribution is -1.89. The molecule has 0 saturated heterocycles. The van der Waals surface area contributed by atoms with Gasteiger partial charge in [0, 0.05) is 10.6 Å². The zero-order chi connectivity index (χ0) is 10.1. The molecule has 2 aromatic carbocycles. The lowest BCUT2D eigenvalue weighted by Gasteiger charge is -2.01. The second kappa shape index (κ2) is 3.60. The molecule has 0 unspecified atom stereocenters. The van der Waals surface area contributed by atoms with E-state index in [0.717, 1.165) is 10.8 Å². The van der Waals surface area contributed by atoms with E-state index in [0.29, 0.717) is 10.6 Å². The average molecular weight is 225 g/mol. The van der Waals surface area contributed by atoms with Gasteiger partial charge in [0.1, 0.15) is 0 Å². The minimum absolute atomic E-state index is 0.446. The third-order valence-corrected chi connectivity index (χ3v) is 2.49. The number of rotatable bonds is 1. The van der Waals surface area contributed by atoms with Gasteiger partial charge in [-0.25, -0.2) is 0 Å². The van der Waals surface area contributed by atoms with E-state index in [1.807, 2.05) is 6.07 Å². The molecule has 14 heavy (non-hydrogen) atoms. The molecule has 0 radical (unpaired) electrons. The molecule has 3 heteroatoms. The van der Waals surface area contributed by atoms with Crippen molar-refractivity contribution in [1.82, 2.24) is 0 Å². The smallest absolute Gasteiger partial charge is 0.253 e. The quantitative estimate of drug-likeness (QED) is 0.673. The summed E-state index contributed by atoms with van der Waals surface area (Å²) >= 11 is 11.3. The van der Waals surface area contributed by atoms with Crippen molar-refractivity contribution in [1.29, 1.82) is 0 Å². The summed E-state index contributed by atoms with van der Waals surface area (Å²) in [5.74, 6) is 0. The van der Waals surface area contributed by atoms with Crippen LogP contribution in [0.3, 0.4) is 0 Å². The Balaban J connectivity index is 2.81. The van der Waals surface area contributed by atoms with Gasteiger partial charge in [-0.15, -0.1) is 0 Å². The third kappa shape index (κ3) is 1.61. The number of carbonyl (C=O) groups excluding carboxylic acids is 1. The number of hydrogen-bond donors (Lipinski definition) is 0. The first-order valence-electron chi connectivity index (χ1n) is 4.06. The van der Waals surface area contributed by atoms with E-state index in [1.165, 1.54) is 0 Å². The Morgan fingerprint density at radius 1 is 1.14 bits per heavy atom. The van der Waals surface area contributed by atoms with E-state index >= 15 is 0 Å². The molecule has 0 fully saturated rings. The van der Waals surface area contributed by atoms with Gasteiger partial charge >= 0.3 is 0 Å². The fraction of sp³-hybridized carbons (Fsp3) is 0. The van der Waals surface area contributed by atoms with Crippen LogP contribution in [0, 0.1) is 0 Å². The number of halogens is 2. The molecule has 0 saturated carbocycles. The van der Waals surface area contributed by atoms with Crippen LogP contribution >= 0.6 is 23.2 Å². The van der Waals surface area contributed by atoms with Gasteiger partial charge < -0.3 is 0 Å². The molecule has 0 spiro atoms. The van der Waals surface area contributed by atoms with Crippen molar-refractivity contribution in [3.8, 4) is 0 Å². The Labute approximate surface area is 91.2 Å². The Bertz CT molecular complexity index is 506. The second-order valence-electron chi connectivity index (χ2n) is 2.94. The summed E-state index contributed by atoms with van der Waals surface area (Å²) in [5, 5.41) is 1.95. The van der Waals surface area contributed by atoms with Crippen LogP contribution in [-0.4, -0.2) is 5.24 Å². The summed E-state index contributed by atoms with van der Waals surface area (Å²) in [6, 6.07) is 10.7. The second-order valence-corrected chi connectivity index (χ2v) is 3.72. The van der Waals surface area contributed by atoms with Crippen LogP contribution in [0.2, 0.25) is 5.02 Å². The summed E-state index contributed by atoms with van der Waals surface area (Å²) in [7, 11) is 0. The van der Waals surface area contributed by atoms with Crippen LogP contribution in [0.15, 0.2) is 36.4 Å². The van der Waals surface area contributed by atoms with Gasteiger partial charge in [-0.2, -0.15) is 0 Å². The zero-order valence-corrected chi connectivity index (χ0v) is 8.64. The maximum atomic E-state index is 11.1. The number of benzene rings is 2. The highest BCUT2D eigenvalue weighted by atomic mass is 35.5. The molecule has 0 amide bonds. The van der Waals surface area contributed by atoms with Crippen molar-refractivity contribution in [2.24, 2.45) is 0 Å². The lowest BCUT2D eigenvalue weighted by atomic mass is 10.1. The van der Waals surface area contributed by atoms with Crippen LogP contribution in [0.1, 0.15) is 10.4 Å². The first-order valence-corrected chi connectivity index (χ1v) is 4.82. The van der Waals surface area contributed by atoms with Crippen LogP contribution < -0.4 is 0 Å². The fourth-order valence-corrected chi connectivity index (χ4v) is 1.77. The maximum absolute atomic E-state index is 11.1. The van der Waals surface area contributed by atoms with Crippen molar-refractivity contribution in [3.05, 3.63) is 47.0 Å². The van der Waals surface area contributed by atoms with Crippen molar-refractivity contribution in [2.75, 3.05) is 0 Å². The van der Waals surface area contributed by atoms with E-state index in [2.05, 4.69) is 0 Å². The van der Waals surface area contributed by atoms with Gasteiger partial charge in [0.05, 0.1) is 0 Å². The molecule has 70 valence electrons. The summed E-state index contributed by atoms with van der Waals surface area (Å²) in [6.07, 6.45) is 0. The molecule has 2 aromatic rings. The van der Waals surface area contributed by atoms with Gasteiger partial charge in [0.15, 0.2) is 0 Å². The normalized spacial score (nSPS) is 10.4. The van der Waals surface area contributed by atoms with Gasteiger partial charge in [-0.05, 0) is 40.6 Å². The Kier molecular flexibility index (Phi) is 2.44. The van der Waals surface area contributed by atoms with Crippen molar-refractivity contribution < 1.29 is 4.79 Å². The highest BCUT2D eigenvalue weighted by molar-refractivity contribution is 6.68. The van der Waals surface area contributed by atoms with Crippen LogP contribution in [-0.2, 0) is 0 Å². The monoisotopic (exact) mass is 224 g/mol. The van der Waals surface area contributed by atoms with E-state index in [9.17, 15) is 4.79 Å². The molecule has 0 aliphatic rings. The Hall–Kier alpha value is -1.05.